The molecule has 0 aromatic carbocycles. The fraction of sp³-hybridized carbons (Fsp3) is 0.417. The molecular weight excluding hydrogens is 204 g/mol. The zero-order valence-corrected chi connectivity index (χ0v) is 9.51. The zero-order chi connectivity index (χ0) is 12.0. The van der Waals surface area contributed by atoms with Gasteiger partial charge in [0.05, 0.1) is 18.2 Å². The Kier molecular flexibility index (Phi) is 4.64. The Morgan fingerprint density at radius 3 is 2.75 bits per heavy atom. The molecule has 1 aromatic heterocycles. The fourth-order valence-electron chi connectivity index (χ4n) is 1.32. The molecule has 0 saturated heterocycles. The topological polar surface area (TPSA) is 59.1 Å². The highest BCUT2D eigenvalue weighted by Crippen LogP contribution is 2.07. The molecule has 4 heteroatoms. The smallest absolute Gasteiger partial charge is 0.230 e. The van der Waals surface area contributed by atoms with Crippen molar-refractivity contribution in [2.24, 2.45) is 11.8 Å². The van der Waals surface area contributed by atoms with Crippen molar-refractivity contribution in [3.8, 4) is 0 Å². The van der Waals surface area contributed by atoms with Crippen LogP contribution in [0.4, 0.5) is 0 Å². The van der Waals surface area contributed by atoms with Crippen molar-refractivity contribution in [2.45, 2.75) is 20.4 Å². The lowest BCUT2D eigenvalue weighted by molar-refractivity contribution is -0.130. The van der Waals surface area contributed by atoms with Crippen molar-refractivity contribution >= 4 is 12.2 Å². The highest BCUT2D eigenvalue weighted by atomic mass is 16.2. The number of hydrogen-bond acceptors (Lipinski definition) is 3. The van der Waals surface area contributed by atoms with Gasteiger partial charge in [0.1, 0.15) is 6.29 Å². The molecule has 1 rings (SSSR count). The van der Waals surface area contributed by atoms with E-state index >= 15 is 0 Å². The molecule has 1 aromatic rings. The van der Waals surface area contributed by atoms with E-state index in [1.165, 1.54) is 0 Å². The van der Waals surface area contributed by atoms with E-state index in [1.807, 2.05) is 32.0 Å². The number of pyridine rings is 1. The quantitative estimate of drug-likeness (QED) is 0.598. The number of nitrogens with zero attached hydrogens (tertiary/aromatic N) is 1. The number of aromatic nitrogens is 1. The summed E-state index contributed by atoms with van der Waals surface area (Å²) < 4.78 is 0. The highest BCUT2D eigenvalue weighted by molar-refractivity contribution is 5.91. The Morgan fingerprint density at radius 2 is 2.25 bits per heavy atom. The third-order valence-corrected chi connectivity index (χ3v) is 2.34. The molecule has 0 saturated carbocycles. The monoisotopic (exact) mass is 220 g/mol. The maximum absolute atomic E-state index is 11.6. The number of rotatable bonds is 5. The van der Waals surface area contributed by atoms with Crippen molar-refractivity contribution in [1.29, 1.82) is 0 Å². The van der Waals surface area contributed by atoms with E-state index in [4.69, 9.17) is 0 Å². The van der Waals surface area contributed by atoms with Crippen molar-refractivity contribution < 1.29 is 9.59 Å². The third-order valence-electron chi connectivity index (χ3n) is 2.34. The zero-order valence-electron chi connectivity index (χ0n) is 9.51. The summed E-state index contributed by atoms with van der Waals surface area (Å²) in [6.07, 6.45) is 2.36. The van der Waals surface area contributed by atoms with Crippen LogP contribution < -0.4 is 5.32 Å². The van der Waals surface area contributed by atoms with Crippen LogP contribution in [0.5, 0.6) is 0 Å². The second-order valence-corrected chi connectivity index (χ2v) is 3.94. The molecule has 0 aliphatic carbocycles. The second-order valence-electron chi connectivity index (χ2n) is 3.94. The molecule has 1 N–H and O–H groups in total. The predicted octanol–water partition coefficient (Wildman–Crippen LogP) is 1.17. The van der Waals surface area contributed by atoms with Crippen LogP contribution in [0.25, 0.3) is 0 Å². The molecule has 0 aliphatic heterocycles. The first-order valence-corrected chi connectivity index (χ1v) is 5.28. The Hall–Kier alpha value is -1.71. The molecule has 86 valence electrons. The molecule has 0 radical (unpaired) electrons. The number of aldehydes is 1. The van der Waals surface area contributed by atoms with Gasteiger partial charge in [-0.25, -0.2) is 0 Å². The summed E-state index contributed by atoms with van der Waals surface area (Å²) in [6, 6.07) is 5.49. The van der Waals surface area contributed by atoms with Gasteiger partial charge in [-0.15, -0.1) is 0 Å². The van der Waals surface area contributed by atoms with Crippen LogP contribution in [0.1, 0.15) is 19.5 Å². The molecule has 0 aliphatic rings. The van der Waals surface area contributed by atoms with E-state index < -0.39 is 5.92 Å². The summed E-state index contributed by atoms with van der Waals surface area (Å²) in [4.78, 5) is 26.4. The summed E-state index contributed by atoms with van der Waals surface area (Å²) >= 11 is 0. The SMILES string of the molecule is CC(C)C(C=O)C(=O)NCc1ccccn1. The fourth-order valence-corrected chi connectivity index (χ4v) is 1.32. The first kappa shape index (κ1) is 12.4. The molecule has 1 amide bonds. The number of carbonyl (C=O) groups excluding carboxylic acids is 2. The van der Waals surface area contributed by atoms with Gasteiger partial charge in [-0.3, -0.25) is 9.78 Å². The van der Waals surface area contributed by atoms with Crippen LogP contribution >= 0.6 is 0 Å². The minimum Gasteiger partial charge on any atom is -0.350 e. The van der Waals surface area contributed by atoms with E-state index in [2.05, 4.69) is 10.3 Å². The first-order valence-electron chi connectivity index (χ1n) is 5.28. The molecule has 0 fully saturated rings. The average molecular weight is 220 g/mol. The summed E-state index contributed by atoms with van der Waals surface area (Å²) in [5.74, 6) is -0.805. The van der Waals surface area contributed by atoms with Gasteiger partial charge in [0.25, 0.3) is 0 Å². The maximum atomic E-state index is 11.6. The lowest BCUT2D eigenvalue weighted by Gasteiger charge is -2.13. The highest BCUT2D eigenvalue weighted by Gasteiger charge is 2.20. The van der Waals surface area contributed by atoms with Crippen LogP contribution in [0.15, 0.2) is 24.4 Å². The van der Waals surface area contributed by atoms with E-state index in [0.29, 0.717) is 12.8 Å². The molecule has 4 nitrogen and oxygen atoms in total. The van der Waals surface area contributed by atoms with Crippen molar-refractivity contribution in [3.05, 3.63) is 30.1 Å². The van der Waals surface area contributed by atoms with Crippen LogP contribution in [0, 0.1) is 11.8 Å². The van der Waals surface area contributed by atoms with E-state index in [1.54, 1.807) is 6.20 Å². The normalized spacial score (nSPS) is 12.2. The molecule has 1 atom stereocenters. The lowest BCUT2D eigenvalue weighted by atomic mass is 9.97. The van der Waals surface area contributed by atoms with Crippen LogP contribution in [-0.2, 0) is 16.1 Å². The van der Waals surface area contributed by atoms with Crippen molar-refractivity contribution in [3.63, 3.8) is 0 Å². The Labute approximate surface area is 95.1 Å². The van der Waals surface area contributed by atoms with Gasteiger partial charge in [0.15, 0.2) is 0 Å². The van der Waals surface area contributed by atoms with Crippen LogP contribution in [0.3, 0.4) is 0 Å². The van der Waals surface area contributed by atoms with Crippen LogP contribution in [0.2, 0.25) is 0 Å². The number of carbonyl (C=O) groups is 2. The maximum Gasteiger partial charge on any atom is 0.230 e. The van der Waals surface area contributed by atoms with E-state index in [0.717, 1.165) is 5.69 Å². The Bertz CT molecular complexity index is 349. The number of nitrogens with one attached hydrogen (secondary N) is 1. The van der Waals surface area contributed by atoms with Gasteiger partial charge in [0, 0.05) is 6.20 Å². The van der Waals surface area contributed by atoms with Gasteiger partial charge in [-0.2, -0.15) is 0 Å². The number of amides is 1. The van der Waals surface area contributed by atoms with Gasteiger partial charge in [0.2, 0.25) is 5.91 Å². The molecular formula is C12H16N2O2. The second kappa shape index (κ2) is 6.00. The summed E-state index contributed by atoms with van der Waals surface area (Å²) in [5, 5.41) is 2.70. The van der Waals surface area contributed by atoms with Crippen molar-refractivity contribution in [1.82, 2.24) is 10.3 Å². The Balaban J connectivity index is 2.49. The summed E-state index contributed by atoms with van der Waals surface area (Å²) in [7, 11) is 0. The Morgan fingerprint density at radius 1 is 1.50 bits per heavy atom. The molecule has 0 bridgehead atoms. The van der Waals surface area contributed by atoms with Gasteiger partial charge < -0.3 is 10.1 Å². The van der Waals surface area contributed by atoms with Gasteiger partial charge in [-0.05, 0) is 18.1 Å². The minimum atomic E-state index is -0.580. The molecule has 0 spiro atoms. The minimum absolute atomic E-state index is 0.0150. The third kappa shape index (κ3) is 3.46. The van der Waals surface area contributed by atoms with Crippen molar-refractivity contribution in [2.75, 3.05) is 0 Å². The lowest BCUT2D eigenvalue weighted by Crippen LogP contribution is -2.34. The molecule has 16 heavy (non-hydrogen) atoms. The van der Waals surface area contributed by atoms with E-state index in [9.17, 15) is 9.59 Å². The summed E-state index contributed by atoms with van der Waals surface area (Å²) in [5.41, 5.74) is 0.782. The average Bonchev–Trinajstić information content (AvgIpc) is 2.28. The predicted molar refractivity (Wildman–Crippen MR) is 60.5 cm³/mol. The van der Waals surface area contributed by atoms with E-state index in [-0.39, 0.29) is 11.8 Å². The van der Waals surface area contributed by atoms with Gasteiger partial charge in [-0.1, -0.05) is 19.9 Å². The van der Waals surface area contributed by atoms with Gasteiger partial charge >= 0.3 is 0 Å². The molecule has 1 heterocycles. The number of hydrogen-bond donors (Lipinski definition) is 1. The first-order chi connectivity index (χ1) is 7.65. The van der Waals surface area contributed by atoms with Crippen LogP contribution in [-0.4, -0.2) is 17.2 Å². The molecule has 1 unspecified atom stereocenters. The summed E-state index contributed by atoms with van der Waals surface area (Å²) in [6.45, 7) is 4.05. The standard InChI is InChI=1S/C12H16N2O2/c1-9(2)11(8-15)12(16)14-7-10-5-3-4-6-13-10/h3-6,8-9,11H,7H2,1-2H3,(H,14,16). The largest absolute Gasteiger partial charge is 0.350 e.